The molecular weight excluding hydrogens is 356 g/mol. The number of carbonyl (C=O) groups is 1. The average molecular weight is 376 g/mol. The van der Waals surface area contributed by atoms with Gasteiger partial charge < -0.3 is 35.0 Å². The molecule has 8 nitrogen and oxygen atoms in total. The molecule has 8 heteroatoms. The minimum absolute atomic E-state index is 0.0108. The van der Waals surface area contributed by atoms with Gasteiger partial charge in [-0.1, -0.05) is 36.4 Å². The van der Waals surface area contributed by atoms with E-state index in [1.807, 2.05) is 0 Å². The normalized spacial score (nSPS) is 27.9. The van der Waals surface area contributed by atoms with Gasteiger partial charge >= 0.3 is 5.97 Å². The zero-order chi connectivity index (χ0) is 19.6. The van der Waals surface area contributed by atoms with E-state index in [0.717, 1.165) is 0 Å². The van der Waals surface area contributed by atoms with Gasteiger partial charge in [0.15, 0.2) is 0 Å². The smallest absolute Gasteiger partial charge is 0.336 e. The molecule has 0 saturated carbocycles. The molecule has 5 atom stereocenters. The van der Waals surface area contributed by atoms with Crippen LogP contribution in [0.3, 0.4) is 0 Å². The van der Waals surface area contributed by atoms with Crippen LogP contribution in [0.1, 0.15) is 10.4 Å². The number of benzene rings is 2. The molecule has 0 aliphatic carbocycles. The number of aliphatic hydroxyl groups is 4. The molecule has 1 heterocycles. The van der Waals surface area contributed by atoms with Gasteiger partial charge in [0.05, 0.1) is 12.2 Å². The number of ether oxygens (including phenoxy) is 2. The van der Waals surface area contributed by atoms with E-state index < -0.39 is 43.3 Å². The molecule has 5 N–H and O–H groups in total. The van der Waals surface area contributed by atoms with Crippen molar-refractivity contribution in [2.24, 2.45) is 0 Å². The van der Waals surface area contributed by atoms with Crippen LogP contribution in [0.25, 0.3) is 11.1 Å². The van der Waals surface area contributed by atoms with Crippen LogP contribution in [-0.2, 0) is 4.74 Å². The highest BCUT2D eigenvalue weighted by Crippen LogP contribution is 2.35. The van der Waals surface area contributed by atoms with Crippen molar-refractivity contribution in [1.29, 1.82) is 0 Å². The number of aliphatic hydroxyl groups excluding tert-OH is 4. The molecule has 2 aromatic rings. The molecule has 1 unspecified atom stereocenters. The highest BCUT2D eigenvalue weighted by Gasteiger charge is 2.45. The Morgan fingerprint density at radius 1 is 0.963 bits per heavy atom. The molecule has 27 heavy (non-hydrogen) atoms. The van der Waals surface area contributed by atoms with Crippen molar-refractivity contribution in [2.75, 3.05) is 6.61 Å². The van der Waals surface area contributed by atoms with Crippen molar-refractivity contribution >= 4 is 5.97 Å². The third-order valence-corrected chi connectivity index (χ3v) is 4.41. The van der Waals surface area contributed by atoms with Gasteiger partial charge in [-0.05, 0) is 17.7 Å². The summed E-state index contributed by atoms with van der Waals surface area (Å²) in [6.45, 7) is -0.592. The number of carboxylic acids is 1. The molecule has 1 fully saturated rings. The molecule has 3 rings (SSSR count). The Hall–Kier alpha value is -2.49. The van der Waals surface area contributed by atoms with Gasteiger partial charge in [0.25, 0.3) is 0 Å². The van der Waals surface area contributed by atoms with Gasteiger partial charge in [0.2, 0.25) is 6.29 Å². The van der Waals surface area contributed by atoms with E-state index in [1.54, 1.807) is 30.3 Å². The predicted molar refractivity (Wildman–Crippen MR) is 93.2 cm³/mol. The molecule has 0 aromatic heterocycles. The first-order chi connectivity index (χ1) is 12.9. The zero-order valence-corrected chi connectivity index (χ0v) is 14.2. The molecule has 0 bridgehead atoms. The maximum Gasteiger partial charge on any atom is 0.336 e. The van der Waals surface area contributed by atoms with Crippen LogP contribution in [0, 0.1) is 0 Å². The van der Waals surface area contributed by atoms with E-state index in [2.05, 4.69) is 0 Å². The maximum absolute atomic E-state index is 11.7. The van der Waals surface area contributed by atoms with Crippen LogP contribution in [0.5, 0.6) is 5.75 Å². The lowest BCUT2D eigenvalue weighted by Gasteiger charge is -2.39. The van der Waals surface area contributed by atoms with E-state index in [1.165, 1.54) is 18.2 Å². The lowest BCUT2D eigenvalue weighted by atomic mass is 9.97. The summed E-state index contributed by atoms with van der Waals surface area (Å²) in [5, 5.41) is 48.7. The Bertz CT molecular complexity index is 792. The first kappa shape index (κ1) is 19.3. The molecular formula is C19H20O8. The monoisotopic (exact) mass is 376 g/mol. The first-order valence-electron chi connectivity index (χ1n) is 8.33. The Balaban J connectivity index is 2.00. The lowest BCUT2D eigenvalue weighted by molar-refractivity contribution is -0.277. The van der Waals surface area contributed by atoms with Gasteiger partial charge in [-0.2, -0.15) is 0 Å². The number of aromatic carboxylic acids is 1. The van der Waals surface area contributed by atoms with Crippen LogP contribution >= 0.6 is 0 Å². The lowest BCUT2D eigenvalue weighted by Crippen LogP contribution is -2.60. The van der Waals surface area contributed by atoms with Crippen LogP contribution in [0.2, 0.25) is 0 Å². The van der Waals surface area contributed by atoms with Crippen molar-refractivity contribution in [2.45, 2.75) is 30.7 Å². The fourth-order valence-corrected chi connectivity index (χ4v) is 3.00. The predicted octanol–water partition coefficient (Wildman–Crippen LogP) is 0.230. The summed E-state index contributed by atoms with van der Waals surface area (Å²) in [7, 11) is 0. The summed E-state index contributed by atoms with van der Waals surface area (Å²) in [6.07, 6.45) is -7.24. The fourth-order valence-electron chi connectivity index (χ4n) is 3.00. The second-order valence-corrected chi connectivity index (χ2v) is 6.17. The van der Waals surface area contributed by atoms with Crippen molar-refractivity contribution in [3.8, 4) is 16.9 Å². The van der Waals surface area contributed by atoms with Crippen LogP contribution in [0.15, 0.2) is 48.5 Å². The quantitative estimate of drug-likeness (QED) is 0.500. The van der Waals surface area contributed by atoms with Gasteiger partial charge in [-0.15, -0.1) is 0 Å². The van der Waals surface area contributed by atoms with Crippen molar-refractivity contribution < 1.29 is 39.8 Å². The topological polar surface area (TPSA) is 137 Å². The molecule has 0 spiro atoms. The second kappa shape index (κ2) is 8.03. The Labute approximate surface area is 154 Å². The minimum atomic E-state index is -1.60. The number of hydrogen-bond donors (Lipinski definition) is 5. The van der Waals surface area contributed by atoms with E-state index in [4.69, 9.17) is 9.47 Å². The number of hydrogen-bond acceptors (Lipinski definition) is 7. The van der Waals surface area contributed by atoms with Crippen LogP contribution in [-0.4, -0.2) is 68.8 Å². The third-order valence-electron chi connectivity index (χ3n) is 4.41. The molecule has 144 valence electrons. The number of carboxylic acid groups (broad SMARTS) is 1. The van der Waals surface area contributed by atoms with Gasteiger partial charge in [-0.3, -0.25) is 0 Å². The SMILES string of the molecule is O=C(O)c1cccc(OC2O[C@H](CO)[C@@H](O)[C@H](O)[C@@H]2O)c1-c1ccccc1. The van der Waals surface area contributed by atoms with Crippen molar-refractivity contribution in [1.82, 2.24) is 0 Å². The molecule has 0 amide bonds. The molecule has 0 radical (unpaired) electrons. The molecule has 1 aliphatic rings. The molecule has 1 aliphatic heterocycles. The second-order valence-electron chi connectivity index (χ2n) is 6.17. The standard InChI is InChI=1S/C19H20O8/c20-9-13-15(21)16(22)17(23)19(27-13)26-12-8-4-7-11(18(24)25)14(12)10-5-2-1-3-6-10/h1-8,13,15-17,19-23H,9H2,(H,24,25)/t13-,15-,16+,17+,19?/m1/s1. The Morgan fingerprint density at radius 3 is 2.30 bits per heavy atom. The molecule has 2 aromatic carbocycles. The summed E-state index contributed by atoms with van der Waals surface area (Å²) < 4.78 is 11.0. The summed E-state index contributed by atoms with van der Waals surface area (Å²) in [5.41, 5.74) is 0.848. The van der Waals surface area contributed by atoms with Gasteiger partial charge in [0.1, 0.15) is 30.2 Å². The van der Waals surface area contributed by atoms with Crippen molar-refractivity contribution in [3.05, 3.63) is 54.1 Å². The fraction of sp³-hybridized carbons (Fsp3) is 0.316. The summed E-state index contributed by atoms with van der Waals surface area (Å²) in [5.74, 6) is -1.04. The van der Waals surface area contributed by atoms with E-state index in [9.17, 15) is 30.3 Å². The highest BCUT2D eigenvalue weighted by atomic mass is 16.7. The van der Waals surface area contributed by atoms with Gasteiger partial charge in [0, 0.05) is 5.56 Å². The largest absolute Gasteiger partial charge is 0.478 e. The number of rotatable bonds is 5. The average Bonchev–Trinajstić information content (AvgIpc) is 2.68. The van der Waals surface area contributed by atoms with E-state index >= 15 is 0 Å². The third kappa shape index (κ3) is 3.80. The molecule has 1 saturated heterocycles. The Morgan fingerprint density at radius 2 is 1.67 bits per heavy atom. The summed E-state index contributed by atoms with van der Waals surface area (Å²) in [6, 6.07) is 13.1. The highest BCUT2D eigenvalue weighted by molar-refractivity contribution is 5.98. The Kier molecular flexibility index (Phi) is 5.73. The van der Waals surface area contributed by atoms with E-state index in [0.29, 0.717) is 5.56 Å². The van der Waals surface area contributed by atoms with Crippen LogP contribution < -0.4 is 4.74 Å². The zero-order valence-electron chi connectivity index (χ0n) is 14.2. The van der Waals surface area contributed by atoms with E-state index in [-0.39, 0.29) is 16.9 Å². The van der Waals surface area contributed by atoms with Crippen LogP contribution in [0.4, 0.5) is 0 Å². The van der Waals surface area contributed by atoms with Gasteiger partial charge in [-0.25, -0.2) is 4.79 Å². The summed E-state index contributed by atoms with van der Waals surface area (Å²) >= 11 is 0. The maximum atomic E-state index is 11.7. The summed E-state index contributed by atoms with van der Waals surface area (Å²) in [4.78, 5) is 11.7. The van der Waals surface area contributed by atoms with Crippen molar-refractivity contribution in [3.63, 3.8) is 0 Å². The minimum Gasteiger partial charge on any atom is -0.478 e. The first-order valence-corrected chi connectivity index (χ1v) is 8.33.